The highest BCUT2D eigenvalue weighted by atomic mass is 19.3. The van der Waals surface area contributed by atoms with Crippen LogP contribution in [0.1, 0.15) is 22.7 Å². The smallest absolute Gasteiger partial charge is 0.387 e. The summed E-state index contributed by atoms with van der Waals surface area (Å²) in [6, 6.07) is 24.3. The van der Waals surface area contributed by atoms with Gasteiger partial charge in [-0.3, -0.25) is 4.79 Å². The van der Waals surface area contributed by atoms with Gasteiger partial charge in [-0.05, 0) is 42.3 Å². The number of fused-ring (bicyclic) bond motifs is 1. The fourth-order valence-corrected chi connectivity index (χ4v) is 3.91. The van der Waals surface area contributed by atoms with E-state index in [2.05, 4.69) is 10.8 Å². The lowest BCUT2D eigenvalue weighted by molar-refractivity contribution is -0.676. The number of benzene rings is 3. The molecule has 0 aliphatic carbocycles. The van der Waals surface area contributed by atoms with Crippen LogP contribution in [0.2, 0.25) is 0 Å². The van der Waals surface area contributed by atoms with Gasteiger partial charge >= 0.3 is 6.61 Å². The maximum absolute atomic E-state index is 12.9. The van der Waals surface area contributed by atoms with E-state index < -0.39 is 6.61 Å². The van der Waals surface area contributed by atoms with Crippen molar-refractivity contribution in [3.8, 4) is 5.75 Å². The number of ether oxygens (including phenoxy) is 1. The molecular weight excluding hydrogens is 386 g/mol. The number of rotatable bonds is 7. The molecule has 0 unspecified atom stereocenters. The summed E-state index contributed by atoms with van der Waals surface area (Å²) < 4.78 is 29.3. The molecule has 30 heavy (non-hydrogen) atoms. The Kier molecular flexibility index (Phi) is 6.05. The third-order valence-corrected chi connectivity index (χ3v) is 5.34. The number of anilines is 1. The van der Waals surface area contributed by atoms with Crippen LogP contribution in [0.5, 0.6) is 5.75 Å². The van der Waals surface area contributed by atoms with Gasteiger partial charge in [0, 0.05) is 23.4 Å². The van der Waals surface area contributed by atoms with E-state index in [1.54, 1.807) is 12.1 Å². The minimum Gasteiger partial charge on any atom is -0.435 e. The maximum atomic E-state index is 12.9. The molecule has 1 aliphatic heterocycles. The molecule has 4 nitrogen and oxygen atoms in total. The first-order chi connectivity index (χ1) is 14.6. The van der Waals surface area contributed by atoms with Crippen molar-refractivity contribution < 1.29 is 23.6 Å². The van der Waals surface area contributed by atoms with Gasteiger partial charge in [-0.15, -0.1) is 0 Å². The average molecular weight is 409 g/mol. The summed E-state index contributed by atoms with van der Waals surface area (Å²) in [6.45, 7) is -1.88. The molecule has 0 radical (unpaired) electrons. The van der Waals surface area contributed by atoms with E-state index in [9.17, 15) is 13.6 Å². The number of hydrogen-bond donors (Lipinski definition) is 1. The van der Waals surface area contributed by atoms with E-state index in [1.807, 2.05) is 58.7 Å². The lowest BCUT2D eigenvalue weighted by Gasteiger charge is -2.20. The third-order valence-electron chi connectivity index (χ3n) is 5.34. The van der Waals surface area contributed by atoms with Crippen LogP contribution in [0.3, 0.4) is 0 Å². The monoisotopic (exact) mass is 409 g/mol. The number of para-hydroxylation sites is 1. The number of hydrogen-bond acceptors (Lipinski definition) is 2. The highest BCUT2D eigenvalue weighted by Gasteiger charge is 2.27. The predicted molar refractivity (Wildman–Crippen MR) is 111 cm³/mol. The first kappa shape index (κ1) is 20.0. The van der Waals surface area contributed by atoms with E-state index >= 15 is 0 Å². The topological polar surface area (TPSA) is 46.1 Å². The van der Waals surface area contributed by atoms with Crippen molar-refractivity contribution in [3.05, 3.63) is 95.6 Å². The van der Waals surface area contributed by atoms with Crippen molar-refractivity contribution in [2.24, 2.45) is 0 Å². The Morgan fingerprint density at radius 2 is 1.60 bits per heavy atom. The van der Waals surface area contributed by atoms with Crippen LogP contribution in [0.4, 0.5) is 14.5 Å². The minimum absolute atomic E-state index is 0.0542. The molecule has 0 saturated carbocycles. The lowest BCUT2D eigenvalue weighted by atomic mass is 9.98. The van der Waals surface area contributed by atoms with E-state index in [4.69, 9.17) is 0 Å². The number of amides is 1. The van der Waals surface area contributed by atoms with Crippen molar-refractivity contribution in [1.29, 1.82) is 0 Å². The van der Waals surface area contributed by atoms with Crippen LogP contribution in [-0.2, 0) is 11.2 Å². The molecule has 154 valence electrons. The number of halogens is 2. The molecule has 1 amide bonds. The Bertz CT molecular complexity index is 994. The second kappa shape index (κ2) is 9.05. The second-order valence-electron chi connectivity index (χ2n) is 7.20. The first-order valence-corrected chi connectivity index (χ1v) is 9.93. The summed E-state index contributed by atoms with van der Waals surface area (Å²) in [5.41, 5.74) is 4.13. The third kappa shape index (κ3) is 4.49. The van der Waals surface area contributed by atoms with Gasteiger partial charge in [0.25, 0.3) is 5.91 Å². The van der Waals surface area contributed by atoms with E-state index in [1.165, 1.54) is 17.7 Å². The molecule has 1 atom stereocenters. The molecule has 0 spiro atoms. The predicted octanol–water partition coefficient (Wildman–Crippen LogP) is 3.53. The zero-order valence-corrected chi connectivity index (χ0v) is 16.4. The van der Waals surface area contributed by atoms with Gasteiger partial charge in [-0.1, -0.05) is 48.5 Å². The maximum Gasteiger partial charge on any atom is 0.387 e. The van der Waals surface area contributed by atoms with Gasteiger partial charge in [0.05, 0.1) is 0 Å². The summed E-state index contributed by atoms with van der Waals surface area (Å²) in [4.78, 5) is 14.8. The molecule has 1 heterocycles. The standard InChI is InChI=1S/C24H22F2N2O2/c25-24(26)30-20-12-10-19(11-13-20)23(18-7-2-1-3-8-18)27-16-22(29)28-15-14-17-6-4-5-9-21(17)28/h1-13,23-24,27H,14-16H2/p+1/t23-/m0/s1. The van der Waals surface area contributed by atoms with Gasteiger partial charge in [0.15, 0.2) is 6.54 Å². The van der Waals surface area contributed by atoms with Gasteiger partial charge in [-0.2, -0.15) is 8.78 Å². The molecule has 3 aromatic carbocycles. The molecule has 0 fully saturated rings. The summed E-state index contributed by atoms with van der Waals surface area (Å²) in [7, 11) is 0. The highest BCUT2D eigenvalue weighted by molar-refractivity contribution is 5.96. The van der Waals surface area contributed by atoms with E-state index in [0.717, 1.165) is 23.2 Å². The van der Waals surface area contributed by atoms with Crippen molar-refractivity contribution >= 4 is 11.6 Å². The average Bonchev–Trinajstić information content (AvgIpc) is 3.19. The van der Waals surface area contributed by atoms with Gasteiger partial charge in [0.2, 0.25) is 0 Å². The quantitative estimate of drug-likeness (QED) is 0.649. The Labute approximate surface area is 174 Å². The number of quaternary nitrogens is 1. The van der Waals surface area contributed by atoms with Crippen molar-refractivity contribution in [1.82, 2.24) is 0 Å². The van der Waals surface area contributed by atoms with Crippen LogP contribution in [0.25, 0.3) is 0 Å². The van der Waals surface area contributed by atoms with E-state index in [0.29, 0.717) is 6.54 Å². The molecule has 0 aromatic heterocycles. The Hall–Kier alpha value is -3.25. The van der Waals surface area contributed by atoms with Gasteiger partial charge in [-0.25, -0.2) is 0 Å². The van der Waals surface area contributed by atoms with E-state index in [-0.39, 0.29) is 24.2 Å². The Balaban J connectivity index is 1.51. The fraction of sp³-hybridized carbons (Fsp3) is 0.208. The Morgan fingerprint density at radius 3 is 2.33 bits per heavy atom. The zero-order valence-electron chi connectivity index (χ0n) is 16.4. The van der Waals surface area contributed by atoms with Crippen molar-refractivity contribution in [2.75, 3.05) is 18.0 Å². The van der Waals surface area contributed by atoms with Gasteiger partial charge < -0.3 is 15.0 Å². The normalized spacial score (nSPS) is 13.9. The fourth-order valence-electron chi connectivity index (χ4n) is 3.91. The minimum atomic E-state index is -2.85. The summed E-state index contributed by atoms with van der Waals surface area (Å²) in [5.74, 6) is 0.170. The van der Waals surface area contributed by atoms with Crippen LogP contribution < -0.4 is 15.0 Å². The number of nitrogens with two attached hydrogens (primary N) is 1. The van der Waals surface area contributed by atoms with Crippen LogP contribution in [0.15, 0.2) is 78.9 Å². The second-order valence-corrected chi connectivity index (χ2v) is 7.20. The largest absolute Gasteiger partial charge is 0.435 e. The van der Waals surface area contributed by atoms with Crippen molar-refractivity contribution in [3.63, 3.8) is 0 Å². The molecular formula is C24H23F2N2O2+. The van der Waals surface area contributed by atoms with Crippen molar-refractivity contribution in [2.45, 2.75) is 19.1 Å². The number of carbonyl (C=O) groups excluding carboxylic acids is 1. The highest BCUT2D eigenvalue weighted by Crippen LogP contribution is 2.27. The SMILES string of the molecule is O=C(C[NH2+][C@@H](c1ccccc1)c1ccc(OC(F)F)cc1)N1CCc2ccccc21. The molecule has 0 saturated heterocycles. The molecule has 1 aliphatic rings. The van der Waals surface area contributed by atoms with Crippen LogP contribution >= 0.6 is 0 Å². The number of alkyl halides is 2. The van der Waals surface area contributed by atoms with Crippen LogP contribution in [-0.4, -0.2) is 25.6 Å². The zero-order chi connectivity index (χ0) is 20.9. The summed E-state index contributed by atoms with van der Waals surface area (Å²) in [6.07, 6.45) is 0.871. The van der Waals surface area contributed by atoms with Gasteiger partial charge in [0.1, 0.15) is 11.8 Å². The molecule has 4 rings (SSSR count). The number of nitrogens with zero attached hydrogens (tertiary/aromatic N) is 1. The Morgan fingerprint density at radius 1 is 0.933 bits per heavy atom. The number of carbonyl (C=O) groups is 1. The summed E-state index contributed by atoms with van der Waals surface area (Å²) >= 11 is 0. The lowest BCUT2D eigenvalue weighted by Crippen LogP contribution is -2.87. The van der Waals surface area contributed by atoms with Crippen LogP contribution in [0, 0.1) is 0 Å². The molecule has 6 heteroatoms. The molecule has 3 aromatic rings. The molecule has 0 bridgehead atoms. The summed E-state index contributed by atoms with van der Waals surface area (Å²) in [5, 5.41) is 1.99. The molecule has 2 N–H and O–H groups in total. The first-order valence-electron chi connectivity index (χ1n) is 9.93.